The molecule has 0 saturated heterocycles. The number of carbonyl (C=O) groups excluding carboxylic acids is 2. The number of nitrogens with zero attached hydrogens (tertiary/aromatic N) is 2. The zero-order valence-corrected chi connectivity index (χ0v) is 24.6. The molecule has 0 aliphatic carbocycles. The van der Waals surface area contributed by atoms with Crippen LogP contribution in [0.2, 0.25) is 25.1 Å². The van der Waals surface area contributed by atoms with E-state index in [1.54, 1.807) is 19.1 Å². The van der Waals surface area contributed by atoms with Crippen LogP contribution in [0.15, 0.2) is 30.3 Å². The first-order valence-electron chi connectivity index (χ1n) is 10.7. The maximum atomic E-state index is 13.6. The molecule has 0 heterocycles. The van der Waals surface area contributed by atoms with Gasteiger partial charge in [-0.25, -0.2) is 8.42 Å². The molecule has 198 valence electrons. The fourth-order valence-electron chi connectivity index (χ4n) is 3.17. The number of carbonyl (C=O) groups is 2. The summed E-state index contributed by atoms with van der Waals surface area (Å²) in [6.45, 7) is 5.11. The Bertz CT molecular complexity index is 1240. The molecule has 0 bridgehead atoms. The first-order chi connectivity index (χ1) is 16.6. The largest absolute Gasteiger partial charge is 0.354 e. The lowest BCUT2D eigenvalue weighted by atomic mass is 10.1. The van der Waals surface area contributed by atoms with Crippen LogP contribution in [0.4, 0.5) is 5.69 Å². The Morgan fingerprint density at radius 1 is 0.917 bits per heavy atom. The second kappa shape index (κ2) is 12.9. The van der Waals surface area contributed by atoms with E-state index in [4.69, 9.17) is 58.0 Å². The standard InChI is InChI=1S/C23H26Cl5N3O4S/c1-13(2)10-29-23(33)14(3)30(11-15-5-6-16(24)7-17(15)25)22(32)12-31(36(4,34)35)21-9-19(27)18(26)8-20(21)28/h5-9,13-14H,10-12H2,1-4H3,(H,29,33)/t14-/m0/s1. The third-order valence-electron chi connectivity index (χ3n) is 5.15. The number of amides is 2. The molecule has 36 heavy (non-hydrogen) atoms. The van der Waals surface area contributed by atoms with Gasteiger partial charge in [-0.15, -0.1) is 0 Å². The van der Waals surface area contributed by atoms with Crippen LogP contribution >= 0.6 is 58.0 Å². The molecule has 0 spiro atoms. The summed E-state index contributed by atoms with van der Waals surface area (Å²) in [6.07, 6.45) is 0.929. The highest BCUT2D eigenvalue weighted by molar-refractivity contribution is 7.92. The zero-order valence-electron chi connectivity index (χ0n) is 20.0. The van der Waals surface area contributed by atoms with Crippen molar-refractivity contribution in [1.29, 1.82) is 0 Å². The summed E-state index contributed by atoms with van der Waals surface area (Å²) in [4.78, 5) is 27.7. The van der Waals surface area contributed by atoms with Gasteiger partial charge in [0, 0.05) is 23.1 Å². The van der Waals surface area contributed by atoms with Gasteiger partial charge in [0.05, 0.1) is 27.0 Å². The van der Waals surface area contributed by atoms with E-state index in [1.165, 1.54) is 23.1 Å². The maximum Gasteiger partial charge on any atom is 0.244 e. The van der Waals surface area contributed by atoms with Crippen molar-refractivity contribution >= 4 is 85.5 Å². The van der Waals surface area contributed by atoms with Crippen molar-refractivity contribution in [2.75, 3.05) is 23.7 Å². The number of nitrogens with one attached hydrogen (secondary N) is 1. The number of hydrogen-bond acceptors (Lipinski definition) is 4. The summed E-state index contributed by atoms with van der Waals surface area (Å²) in [5, 5.41) is 3.66. The van der Waals surface area contributed by atoms with Crippen molar-refractivity contribution in [1.82, 2.24) is 10.2 Å². The van der Waals surface area contributed by atoms with Gasteiger partial charge in [0.25, 0.3) is 0 Å². The second-order valence-corrected chi connectivity index (χ2v) is 12.5. The Labute approximate surface area is 236 Å². The first kappa shape index (κ1) is 30.8. The van der Waals surface area contributed by atoms with Crippen molar-refractivity contribution in [2.45, 2.75) is 33.4 Å². The van der Waals surface area contributed by atoms with Crippen LogP contribution in [-0.4, -0.2) is 50.5 Å². The Morgan fingerprint density at radius 3 is 2.08 bits per heavy atom. The summed E-state index contributed by atoms with van der Waals surface area (Å²) in [6, 6.07) is 6.36. The first-order valence-corrected chi connectivity index (χ1v) is 14.5. The number of anilines is 1. The molecule has 0 aliphatic rings. The molecule has 2 rings (SSSR count). The Balaban J connectivity index is 2.47. The van der Waals surface area contributed by atoms with Gasteiger partial charge >= 0.3 is 0 Å². The van der Waals surface area contributed by atoms with Crippen LogP contribution in [0.5, 0.6) is 0 Å². The molecule has 2 amide bonds. The smallest absolute Gasteiger partial charge is 0.244 e. The zero-order chi connectivity index (χ0) is 27.4. The molecule has 0 aliphatic heterocycles. The molecule has 0 saturated carbocycles. The average Bonchev–Trinajstić information content (AvgIpc) is 2.76. The van der Waals surface area contributed by atoms with Gasteiger partial charge in [-0.1, -0.05) is 77.9 Å². The fraction of sp³-hybridized carbons (Fsp3) is 0.391. The van der Waals surface area contributed by atoms with Gasteiger partial charge in [0.15, 0.2) is 0 Å². The number of rotatable bonds is 10. The average molecular weight is 618 g/mol. The van der Waals surface area contributed by atoms with E-state index in [0.717, 1.165) is 10.6 Å². The van der Waals surface area contributed by atoms with Crippen molar-refractivity contribution in [3.05, 3.63) is 61.0 Å². The van der Waals surface area contributed by atoms with Crippen molar-refractivity contribution < 1.29 is 18.0 Å². The van der Waals surface area contributed by atoms with E-state index in [2.05, 4.69) is 5.32 Å². The van der Waals surface area contributed by atoms with Gasteiger partial charge in [-0.2, -0.15) is 0 Å². The minimum Gasteiger partial charge on any atom is -0.354 e. The minimum atomic E-state index is -4.00. The normalized spacial score (nSPS) is 12.4. The number of hydrogen-bond donors (Lipinski definition) is 1. The SMILES string of the molecule is CC(C)CNC(=O)[C@H](C)N(Cc1ccc(Cl)cc1Cl)C(=O)CN(c1cc(Cl)c(Cl)cc1Cl)S(C)(=O)=O. The summed E-state index contributed by atoms with van der Waals surface area (Å²) in [5.74, 6) is -0.880. The predicted octanol–water partition coefficient (Wildman–Crippen LogP) is 5.91. The lowest BCUT2D eigenvalue weighted by Crippen LogP contribution is -2.51. The van der Waals surface area contributed by atoms with E-state index in [0.29, 0.717) is 22.2 Å². The quantitative estimate of drug-likeness (QED) is 0.336. The highest BCUT2D eigenvalue weighted by Gasteiger charge is 2.31. The van der Waals surface area contributed by atoms with Crippen LogP contribution in [0, 0.1) is 5.92 Å². The van der Waals surface area contributed by atoms with Gasteiger partial charge < -0.3 is 10.2 Å². The summed E-state index contributed by atoms with van der Waals surface area (Å²) >= 11 is 30.6. The topological polar surface area (TPSA) is 86.8 Å². The highest BCUT2D eigenvalue weighted by Crippen LogP contribution is 2.35. The van der Waals surface area contributed by atoms with Gasteiger partial charge in [0.2, 0.25) is 21.8 Å². The molecule has 0 unspecified atom stereocenters. The molecule has 1 N–H and O–H groups in total. The molecule has 0 fully saturated rings. The minimum absolute atomic E-state index is 0.0161. The van der Waals surface area contributed by atoms with E-state index in [1.807, 2.05) is 13.8 Å². The van der Waals surface area contributed by atoms with Crippen LogP contribution in [-0.2, 0) is 26.2 Å². The van der Waals surface area contributed by atoms with E-state index in [-0.39, 0.29) is 33.2 Å². The van der Waals surface area contributed by atoms with Crippen LogP contribution in [0.25, 0.3) is 0 Å². The molecule has 7 nitrogen and oxygen atoms in total. The number of benzene rings is 2. The lowest BCUT2D eigenvalue weighted by molar-refractivity contribution is -0.139. The lowest BCUT2D eigenvalue weighted by Gasteiger charge is -2.32. The van der Waals surface area contributed by atoms with Crippen molar-refractivity contribution in [3.63, 3.8) is 0 Å². The molecule has 2 aromatic carbocycles. The summed E-state index contributed by atoms with van der Waals surface area (Å²) < 4.78 is 26.2. The fourth-order valence-corrected chi connectivity index (χ4v) is 5.18. The molecule has 13 heteroatoms. The molecular weight excluding hydrogens is 592 g/mol. The monoisotopic (exact) mass is 615 g/mol. The van der Waals surface area contributed by atoms with Gasteiger partial charge in [0.1, 0.15) is 12.6 Å². The summed E-state index contributed by atoms with van der Waals surface area (Å²) in [7, 11) is -4.00. The summed E-state index contributed by atoms with van der Waals surface area (Å²) in [5.41, 5.74) is 0.500. The van der Waals surface area contributed by atoms with E-state index in [9.17, 15) is 18.0 Å². The van der Waals surface area contributed by atoms with Crippen LogP contribution in [0.3, 0.4) is 0 Å². The Kier molecular flexibility index (Phi) is 11.0. The van der Waals surface area contributed by atoms with Gasteiger partial charge in [-0.3, -0.25) is 13.9 Å². The number of halogens is 5. The third-order valence-corrected chi connectivity index (χ3v) is 7.88. The molecule has 2 aromatic rings. The molecule has 0 aromatic heterocycles. The molecular formula is C23H26Cl5N3O4S. The highest BCUT2D eigenvalue weighted by atomic mass is 35.5. The predicted molar refractivity (Wildman–Crippen MR) is 148 cm³/mol. The molecule has 1 atom stereocenters. The Morgan fingerprint density at radius 2 is 1.53 bits per heavy atom. The maximum absolute atomic E-state index is 13.6. The van der Waals surface area contributed by atoms with Crippen molar-refractivity contribution in [3.8, 4) is 0 Å². The third kappa shape index (κ3) is 8.30. The van der Waals surface area contributed by atoms with E-state index >= 15 is 0 Å². The number of sulfonamides is 1. The Hall–Kier alpha value is -1.42. The molecule has 0 radical (unpaired) electrons. The van der Waals surface area contributed by atoms with Crippen LogP contribution < -0.4 is 9.62 Å². The van der Waals surface area contributed by atoms with Crippen molar-refractivity contribution in [2.24, 2.45) is 5.92 Å². The second-order valence-electron chi connectivity index (χ2n) is 8.56. The van der Waals surface area contributed by atoms with Gasteiger partial charge in [-0.05, 0) is 42.7 Å². The van der Waals surface area contributed by atoms with Crippen LogP contribution in [0.1, 0.15) is 26.3 Å². The van der Waals surface area contributed by atoms with E-state index < -0.39 is 34.4 Å².